The number of hydrogen-bond donors (Lipinski definition) is 3. The second-order valence-corrected chi connectivity index (χ2v) is 6.90. The highest BCUT2D eigenvalue weighted by Crippen LogP contribution is 2.00. The van der Waals surface area contributed by atoms with Crippen LogP contribution < -0.4 is 16.0 Å². The number of aldehydes is 1. The van der Waals surface area contributed by atoms with Crippen LogP contribution in [0.25, 0.3) is 0 Å². The van der Waals surface area contributed by atoms with Crippen LogP contribution in [0.4, 0.5) is 9.59 Å². The van der Waals surface area contributed by atoms with Crippen LogP contribution in [0.1, 0.15) is 92.5 Å². The standard InChI is InChI=1S/C21H39N3O10.9CH4/c1-29-13-7-23-20(27)33-16-18(17-34-21(28)24-8-14-30-2)32-12-5-6-19(26)22-9-15-31-11-4-3-10-25;;;;;;;;;/h10,18H,3-9,11-17H2,1-2H3,(H,22,26)(H,23,27)(H,24,28);9*1H4. The Hall–Kier alpha value is -2.48. The molecule has 0 unspecified atom stereocenters. The van der Waals surface area contributed by atoms with Gasteiger partial charge in [-0.15, -0.1) is 0 Å². The molecule has 43 heavy (non-hydrogen) atoms. The molecule has 0 atom stereocenters. The van der Waals surface area contributed by atoms with Crippen molar-refractivity contribution in [3.63, 3.8) is 0 Å². The first kappa shape index (κ1) is 67.9. The lowest BCUT2D eigenvalue weighted by atomic mass is 10.3. The molecule has 13 nitrogen and oxygen atoms in total. The number of nitrogens with one attached hydrogen (secondary N) is 3. The Kier molecular flexibility index (Phi) is 82.5. The Morgan fingerprint density at radius 2 is 1.09 bits per heavy atom. The van der Waals surface area contributed by atoms with Crippen LogP contribution in [-0.4, -0.2) is 111 Å². The molecular weight excluding hydrogens is 562 g/mol. The third-order valence-corrected chi connectivity index (χ3v) is 4.03. The highest BCUT2D eigenvalue weighted by atomic mass is 16.6. The van der Waals surface area contributed by atoms with E-state index in [2.05, 4.69) is 16.0 Å². The smallest absolute Gasteiger partial charge is 0.407 e. The maximum atomic E-state index is 11.9. The molecule has 0 bridgehead atoms. The van der Waals surface area contributed by atoms with Crippen molar-refractivity contribution in [2.24, 2.45) is 0 Å². The minimum atomic E-state index is -0.704. The summed E-state index contributed by atoms with van der Waals surface area (Å²) >= 11 is 0. The first-order valence-corrected chi connectivity index (χ1v) is 11.2. The minimum absolute atomic E-state index is 0. The lowest BCUT2D eigenvalue weighted by Crippen LogP contribution is -2.35. The predicted molar refractivity (Wildman–Crippen MR) is 181 cm³/mol. The van der Waals surface area contributed by atoms with Crippen LogP contribution >= 0.6 is 0 Å². The van der Waals surface area contributed by atoms with Crippen LogP contribution in [-0.2, 0) is 38.0 Å². The number of carbonyl (C=O) groups excluding carboxylic acids is 4. The number of hydrogen-bond acceptors (Lipinski definition) is 10. The summed E-state index contributed by atoms with van der Waals surface area (Å²) < 4.78 is 30.8. The van der Waals surface area contributed by atoms with Gasteiger partial charge in [0.1, 0.15) is 25.6 Å². The molecule has 13 heteroatoms. The molecule has 0 aliphatic rings. The normalized spacial score (nSPS) is 8.35. The van der Waals surface area contributed by atoms with Crippen molar-refractivity contribution in [2.45, 2.75) is 98.6 Å². The van der Waals surface area contributed by atoms with Crippen LogP contribution in [0.3, 0.4) is 0 Å². The highest BCUT2D eigenvalue weighted by molar-refractivity contribution is 5.75. The van der Waals surface area contributed by atoms with Crippen molar-refractivity contribution in [3.8, 4) is 0 Å². The van der Waals surface area contributed by atoms with Crippen molar-refractivity contribution < 1.29 is 47.6 Å². The summed E-state index contributed by atoms with van der Waals surface area (Å²) in [6.07, 6.45) is 0.603. The Bertz CT molecular complexity index is 530. The van der Waals surface area contributed by atoms with E-state index in [4.69, 9.17) is 28.4 Å². The van der Waals surface area contributed by atoms with Gasteiger partial charge in [-0.05, 0) is 12.8 Å². The van der Waals surface area contributed by atoms with Crippen LogP contribution in [0.15, 0.2) is 0 Å². The summed E-state index contributed by atoms with van der Waals surface area (Å²) in [5.41, 5.74) is 0. The van der Waals surface area contributed by atoms with Gasteiger partial charge < -0.3 is 49.2 Å². The lowest BCUT2D eigenvalue weighted by Gasteiger charge is -2.18. The van der Waals surface area contributed by atoms with E-state index in [9.17, 15) is 19.2 Å². The summed E-state index contributed by atoms with van der Waals surface area (Å²) in [7, 11) is 3.02. The third kappa shape index (κ3) is 49.5. The molecule has 270 valence electrons. The summed E-state index contributed by atoms with van der Waals surface area (Å²) in [5.74, 6) is -0.154. The first-order valence-electron chi connectivity index (χ1n) is 11.2. The maximum absolute atomic E-state index is 11.9. The van der Waals surface area contributed by atoms with Gasteiger partial charge in [-0.25, -0.2) is 9.59 Å². The molecule has 0 rings (SSSR count). The molecule has 0 fully saturated rings. The molecule has 0 heterocycles. The number of methoxy groups -OCH3 is 2. The van der Waals surface area contributed by atoms with E-state index in [1.807, 2.05) is 0 Å². The van der Waals surface area contributed by atoms with Crippen molar-refractivity contribution >= 4 is 24.4 Å². The van der Waals surface area contributed by atoms with E-state index in [-0.39, 0.29) is 112 Å². The van der Waals surface area contributed by atoms with Crippen molar-refractivity contribution in [1.82, 2.24) is 16.0 Å². The summed E-state index contributed by atoms with van der Waals surface area (Å²) in [6.45, 7) is 2.40. The van der Waals surface area contributed by atoms with Crippen LogP contribution in [0.5, 0.6) is 0 Å². The van der Waals surface area contributed by atoms with E-state index >= 15 is 0 Å². The highest BCUT2D eigenvalue weighted by Gasteiger charge is 2.16. The number of rotatable bonds is 22. The van der Waals surface area contributed by atoms with Crippen LogP contribution in [0.2, 0.25) is 0 Å². The predicted octanol–water partition coefficient (Wildman–Crippen LogP) is 5.73. The van der Waals surface area contributed by atoms with Gasteiger partial charge in [-0.1, -0.05) is 66.8 Å². The van der Waals surface area contributed by atoms with Gasteiger partial charge in [0.25, 0.3) is 0 Å². The van der Waals surface area contributed by atoms with Gasteiger partial charge in [0.15, 0.2) is 0 Å². The van der Waals surface area contributed by atoms with Gasteiger partial charge in [-0.2, -0.15) is 0 Å². The average molecular weight is 638 g/mol. The first-order chi connectivity index (χ1) is 16.5. The monoisotopic (exact) mass is 638 g/mol. The Balaban J connectivity index is -0.000000151. The maximum Gasteiger partial charge on any atom is 0.407 e. The molecule has 0 aliphatic heterocycles. The largest absolute Gasteiger partial charge is 0.447 e. The molecule has 0 spiro atoms. The molecule has 3 N–H and O–H groups in total. The third-order valence-electron chi connectivity index (χ3n) is 4.03. The fourth-order valence-corrected chi connectivity index (χ4v) is 2.30. The molecule has 0 aromatic heterocycles. The van der Waals surface area contributed by atoms with Gasteiger partial charge >= 0.3 is 12.2 Å². The van der Waals surface area contributed by atoms with Crippen molar-refractivity contribution in [3.05, 3.63) is 0 Å². The zero-order valence-corrected chi connectivity index (χ0v) is 20.1. The summed E-state index contributed by atoms with van der Waals surface area (Å²) in [4.78, 5) is 45.5. The number of amides is 3. The summed E-state index contributed by atoms with van der Waals surface area (Å²) in [6, 6.07) is 0. The Morgan fingerprint density at radius 1 is 0.628 bits per heavy atom. The van der Waals surface area contributed by atoms with E-state index in [1.54, 1.807) is 0 Å². The Labute approximate surface area is 266 Å². The van der Waals surface area contributed by atoms with Crippen LogP contribution in [0, 0.1) is 0 Å². The van der Waals surface area contributed by atoms with E-state index < -0.39 is 18.3 Å². The fourth-order valence-electron chi connectivity index (χ4n) is 2.30. The van der Waals surface area contributed by atoms with E-state index in [0.29, 0.717) is 52.2 Å². The van der Waals surface area contributed by atoms with E-state index in [0.717, 1.165) is 6.29 Å². The van der Waals surface area contributed by atoms with Gasteiger partial charge in [-0.3, -0.25) is 4.79 Å². The minimum Gasteiger partial charge on any atom is -0.447 e. The van der Waals surface area contributed by atoms with Gasteiger partial charge in [0.2, 0.25) is 5.91 Å². The molecule has 0 saturated carbocycles. The van der Waals surface area contributed by atoms with Gasteiger partial charge in [0, 0.05) is 59.9 Å². The zero-order chi connectivity index (χ0) is 25.3. The Morgan fingerprint density at radius 3 is 1.53 bits per heavy atom. The number of alkyl carbamates (subject to hydrolysis) is 2. The molecular formula is C30H75N3O10. The zero-order valence-electron chi connectivity index (χ0n) is 20.1. The van der Waals surface area contributed by atoms with Crippen molar-refractivity contribution in [2.75, 3.05) is 80.1 Å². The molecule has 3 amide bonds. The van der Waals surface area contributed by atoms with Crippen molar-refractivity contribution in [1.29, 1.82) is 0 Å². The molecule has 0 saturated heterocycles. The quantitative estimate of drug-likeness (QED) is 0.0987. The fraction of sp³-hybridized carbons (Fsp3) is 0.867. The topological polar surface area (TPSA) is 160 Å². The lowest BCUT2D eigenvalue weighted by molar-refractivity contribution is -0.121. The number of unbranched alkanes of at least 4 members (excludes halogenated alkanes) is 1. The summed E-state index contributed by atoms with van der Waals surface area (Å²) in [5, 5.41) is 7.73. The molecule has 0 aromatic rings. The molecule has 0 aromatic carbocycles. The molecule has 0 aliphatic carbocycles. The second-order valence-electron chi connectivity index (χ2n) is 6.90. The average Bonchev–Trinajstić information content (AvgIpc) is 2.82. The number of carbonyl (C=O) groups is 4. The molecule has 0 radical (unpaired) electrons. The number of ether oxygens (including phenoxy) is 6. The SMILES string of the molecule is C.C.C.C.C.C.C.C.C.COCCNC(=O)OCC(COC(=O)NCCOC)OCCCC(=O)NCCOCCCC=O. The van der Waals surface area contributed by atoms with Gasteiger partial charge in [0.05, 0.1) is 19.8 Å². The van der Waals surface area contributed by atoms with E-state index in [1.165, 1.54) is 14.2 Å². The second kappa shape index (κ2) is 52.2.